The van der Waals surface area contributed by atoms with Gasteiger partial charge in [-0.2, -0.15) is 11.8 Å². The van der Waals surface area contributed by atoms with Crippen LogP contribution in [0.2, 0.25) is 0 Å². The molecule has 1 aliphatic rings. The number of aryl methyl sites for hydroxylation is 2. The minimum Gasteiger partial charge on any atom is -0.353 e. The van der Waals surface area contributed by atoms with Crippen molar-refractivity contribution >= 4 is 11.8 Å². The molecule has 2 rings (SSSR count). The molecule has 0 amide bonds. The van der Waals surface area contributed by atoms with Crippen molar-refractivity contribution in [2.24, 2.45) is 0 Å². The van der Waals surface area contributed by atoms with E-state index in [1.54, 1.807) is 5.56 Å². The molecule has 15 heavy (non-hydrogen) atoms. The molecule has 2 nitrogen and oxygen atoms in total. The summed E-state index contributed by atoms with van der Waals surface area (Å²) in [6.07, 6.45) is 10.7. The number of hydrogen-bond acceptors (Lipinski definition) is 2. The van der Waals surface area contributed by atoms with Crippen molar-refractivity contribution < 1.29 is 0 Å². The van der Waals surface area contributed by atoms with Gasteiger partial charge >= 0.3 is 0 Å². The lowest BCUT2D eigenvalue weighted by molar-refractivity contribution is 0.498. The summed E-state index contributed by atoms with van der Waals surface area (Å²) in [5.41, 5.74) is 3.09. The first-order valence-electron chi connectivity index (χ1n) is 5.70. The number of fused-ring (bicyclic) bond motifs is 1. The van der Waals surface area contributed by atoms with E-state index < -0.39 is 0 Å². The summed E-state index contributed by atoms with van der Waals surface area (Å²) in [6.45, 7) is 1.14. The Morgan fingerprint density at radius 3 is 3.13 bits per heavy atom. The summed E-state index contributed by atoms with van der Waals surface area (Å²) < 4.78 is 2.36. The summed E-state index contributed by atoms with van der Waals surface area (Å²) >= 11 is 1.91. The van der Waals surface area contributed by atoms with E-state index in [2.05, 4.69) is 35.6 Å². The number of aromatic nitrogens is 1. The normalized spacial score (nSPS) is 20.3. The molecule has 1 aromatic heterocycles. The van der Waals surface area contributed by atoms with E-state index >= 15 is 0 Å². The van der Waals surface area contributed by atoms with Gasteiger partial charge in [-0.3, -0.25) is 0 Å². The van der Waals surface area contributed by atoms with Gasteiger partial charge in [-0.25, -0.2) is 0 Å². The van der Waals surface area contributed by atoms with Gasteiger partial charge in [-0.15, -0.1) is 0 Å². The maximum Gasteiger partial charge on any atom is 0.0335 e. The molecule has 0 spiro atoms. The number of thioether (sulfide) groups is 1. The van der Waals surface area contributed by atoms with E-state index in [4.69, 9.17) is 0 Å². The smallest absolute Gasteiger partial charge is 0.0335 e. The van der Waals surface area contributed by atoms with Crippen molar-refractivity contribution in [1.82, 2.24) is 9.88 Å². The Balaban J connectivity index is 2.14. The molecule has 0 fully saturated rings. The van der Waals surface area contributed by atoms with Gasteiger partial charge in [0, 0.05) is 30.7 Å². The van der Waals surface area contributed by atoms with Gasteiger partial charge in [0.2, 0.25) is 0 Å². The second-order valence-electron chi connectivity index (χ2n) is 4.20. The van der Waals surface area contributed by atoms with E-state index in [9.17, 15) is 0 Å². The SMILES string of the molecule is CNC1CCCc2cn(CCSC)cc21. The molecular weight excluding hydrogens is 204 g/mol. The zero-order valence-electron chi connectivity index (χ0n) is 9.62. The first-order valence-corrected chi connectivity index (χ1v) is 7.09. The van der Waals surface area contributed by atoms with Gasteiger partial charge in [0.05, 0.1) is 0 Å². The Kier molecular flexibility index (Phi) is 3.76. The highest BCUT2D eigenvalue weighted by Crippen LogP contribution is 2.30. The van der Waals surface area contributed by atoms with Crippen LogP contribution in [0.15, 0.2) is 12.4 Å². The van der Waals surface area contributed by atoms with Gasteiger partial charge in [0.15, 0.2) is 0 Å². The van der Waals surface area contributed by atoms with Crippen molar-refractivity contribution in [1.29, 1.82) is 0 Å². The Labute approximate surface area is 96.4 Å². The number of hydrogen-bond donors (Lipinski definition) is 1. The molecule has 0 bridgehead atoms. The third kappa shape index (κ3) is 2.40. The first-order chi connectivity index (χ1) is 7.35. The Morgan fingerprint density at radius 2 is 2.40 bits per heavy atom. The van der Waals surface area contributed by atoms with Crippen LogP contribution in [0.4, 0.5) is 0 Å². The van der Waals surface area contributed by atoms with E-state index in [1.807, 2.05) is 11.8 Å². The molecule has 0 saturated heterocycles. The van der Waals surface area contributed by atoms with Gasteiger partial charge < -0.3 is 9.88 Å². The average Bonchev–Trinajstić information content (AvgIpc) is 2.68. The molecule has 0 saturated carbocycles. The topological polar surface area (TPSA) is 17.0 Å². The van der Waals surface area contributed by atoms with Crippen molar-refractivity contribution in [3.05, 3.63) is 23.5 Å². The summed E-state index contributed by atoms with van der Waals surface area (Å²) in [6, 6.07) is 0.587. The van der Waals surface area contributed by atoms with Gasteiger partial charge in [-0.1, -0.05) is 0 Å². The van der Waals surface area contributed by atoms with Gasteiger partial charge in [0.1, 0.15) is 0 Å². The fourth-order valence-corrected chi connectivity index (χ4v) is 2.77. The average molecular weight is 224 g/mol. The molecule has 1 aromatic rings. The summed E-state index contributed by atoms with van der Waals surface area (Å²) in [4.78, 5) is 0. The van der Waals surface area contributed by atoms with Crippen LogP contribution in [0, 0.1) is 0 Å². The van der Waals surface area contributed by atoms with Crippen LogP contribution in [-0.4, -0.2) is 23.6 Å². The van der Waals surface area contributed by atoms with Crippen molar-refractivity contribution in [2.45, 2.75) is 31.8 Å². The number of nitrogens with zero attached hydrogens (tertiary/aromatic N) is 1. The van der Waals surface area contributed by atoms with E-state index in [1.165, 1.54) is 30.6 Å². The van der Waals surface area contributed by atoms with Crippen LogP contribution in [0.25, 0.3) is 0 Å². The predicted molar refractivity (Wildman–Crippen MR) is 67.6 cm³/mol. The molecule has 3 heteroatoms. The molecule has 0 aliphatic heterocycles. The third-order valence-corrected chi connectivity index (χ3v) is 3.80. The van der Waals surface area contributed by atoms with Crippen molar-refractivity contribution in [2.75, 3.05) is 19.1 Å². The van der Waals surface area contributed by atoms with E-state index in [-0.39, 0.29) is 0 Å². The van der Waals surface area contributed by atoms with E-state index in [0.717, 1.165) is 6.54 Å². The summed E-state index contributed by atoms with van der Waals surface area (Å²) in [5, 5.41) is 3.41. The van der Waals surface area contributed by atoms with Crippen molar-refractivity contribution in [3.8, 4) is 0 Å². The highest BCUT2D eigenvalue weighted by molar-refractivity contribution is 7.98. The minimum atomic E-state index is 0.587. The van der Waals surface area contributed by atoms with Gasteiger partial charge in [-0.05, 0) is 43.7 Å². The maximum absolute atomic E-state index is 3.41. The van der Waals surface area contributed by atoms with Crippen LogP contribution in [0.3, 0.4) is 0 Å². The Hall–Kier alpha value is -0.410. The quantitative estimate of drug-likeness (QED) is 0.846. The van der Waals surface area contributed by atoms with E-state index in [0.29, 0.717) is 6.04 Å². The van der Waals surface area contributed by atoms with Crippen LogP contribution in [0.5, 0.6) is 0 Å². The molecule has 1 N–H and O–H groups in total. The highest BCUT2D eigenvalue weighted by atomic mass is 32.2. The van der Waals surface area contributed by atoms with Crippen LogP contribution >= 0.6 is 11.8 Å². The number of nitrogens with one attached hydrogen (secondary N) is 1. The minimum absolute atomic E-state index is 0.587. The molecule has 1 unspecified atom stereocenters. The summed E-state index contributed by atoms with van der Waals surface area (Å²) in [7, 11) is 2.07. The molecule has 84 valence electrons. The van der Waals surface area contributed by atoms with Crippen LogP contribution in [-0.2, 0) is 13.0 Å². The largest absolute Gasteiger partial charge is 0.353 e. The number of rotatable bonds is 4. The summed E-state index contributed by atoms with van der Waals surface area (Å²) in [5.74, 6) is 1.21. The molecule has 0 radical (unpaired) electrons. The van der Waals surface area contributed by atoms with Gasteiger partial charge in [0.25, 0.3) is 0 Å². The fraction of sp³-hybridized carbons (Fsp3) is 0.667. The second kappa shape index (κ2) is 5.08. The highest BCUT2D eigenvalue weighted by Gasteiger charge is 2.20. The maximum atomic E-state index is 3.41. The first kappa shape index (κ1) is 11.1. The fourth-order valence-electron chi connectivity index (χ4n) is 2.37. The van der Waals surface area contributed by atoms with Crippen LogP contribution in [0.1, 0.15) is 30.0 Å². The predicted octanol–water partition coefficient (Wildman–Crippen LogP) is 2.45. The molecular formula is C12H20N2S. The Bertz CT molecular complexity index is 319. The molecule has 1 heterocycles. The second-order valence-corrected chi connectivity index (χ2v) is 5.19. The Morgan fingerprint density at radius 1 is 1.53 bits per heavy atom. The van der Waals surface area contributed by atoms with Crippen LogP contribution < -0.4 is 5.32 Å². The standard InChI is InChI=1S/C12H20N2S/c1-13-12-5-3-4-10-8-14(6-7-15-2)9-11(10)12/h8-9,12-13H,3-7H2,1-2H3. The molecule has 1 aliphatic carbocycles. The monoisotopic (exact) mass is 224 g/mol. The zero-order valence-corrected chi connectivity index (χ0v) is 10.4. The third-order valence-electron chi connectivity index (χ3n) is 3.21. The lowest BCUT2D eigenvalue weighted by Gasteiger charge is -2.21. The molecule has 0 aromatic carbocycles. The lowest BCUT2D eigenvalue weighted by Crippen LogP contribution is -2.20. The molecule has 1 atom stereocenters. The zero-order chi connectivity index (χ0) is 10.7. The lowest BCUT2D eigenvalue weighted by atomic mass is 9.91. The van der Waals surface area contributed by atoms with Crippen molar-refractivity contribution in [3.63, 3.8) is 0 Å².